The van der Waals surface area contributed by atoms with Crippen molar-refractivity contribution in [1.29, 1.82) is 0 Å². The standard InChI is InChI=1S/C22H21NO3/c1-23(22(24)18-10-8-17(9-11-18)16-25-2)19-12-14-21(15-13-19)26-20-6-4-3-5-7-20/h3-15H,16H2,1-2H3. The summed E-state index contributed by atoms with van der Waals surface area (Å²) in [6.45, 7) is 0.535. The lowest BCUT2D eigenvalue weighted by Gasteiger charge is -2.18. The third-order valence-corrected chi connectivity index (χ3v) is 4.02. The Hall–Kier alpha value is -3.11. The Morgan fingerprint density at radius 1 is 0.846 bits per heavy atom. The van der Waals surface area contributed by atoms with Crippen molar-refractivity contribution in [3.8, 4) is 11.5 Å². The molecule has 3 aromatic carbocycles. The number of carbonyl (C=O) groups is 1. The van der Waals surface area contributed by atoms with Crippen LogP contribution >= 0.6 is 0 Å². The second kappa shape index (κ2) is 8.32. The van der Waals surface area contributed by atoms with Crippen molar-refractivity contribution in [3.63, 3.8) is 0 Å². The SMILES string of the molecule is COCc1ccc(C(=O)N(C)c2ccc(Oc3ccccc3)cc2)cc1. The summed E-state index contributed by atoms with van der Waals surface area (Å²) >= 11 is 0. The van der Waals surface area contributed by atoms with Crippen LogP contribution in [0.25, 0.3) is 0 Å². The van der Waals surface area contributed by atoms with E-state index >= 15 is 0 Å². The molecule has 0 aromatic heterocycles. The summed E-state index contributed by atoms with van der Waals surface area (Å²) in [5.74, 6) is 1.44. The van der Waals surface area contributed by atoms with E-state index in [0.717, 1.165) is 22.7 Å². The number of hydrogen-bond donors (Lipinski definition) is 0. The van der Waals surface area contributed by atoms with Gasteiger partial charge in [0.25, 0.3) is 5.91 Å². The van der Waals surface area contributed by atoms with Crippen LogP contribution in [0.2, 0.25) is 0 Å². The predicted octanol–water partition coefficient (Wildman–Crippen LogP) is 4.90. The van der Waals surface area contributed by atoms with Crippen LogP contribution in [-0.4, -0.2) is 20.1 Å². The van der Waals surface area contributed by atoms with E-state index in [1.165, 1.54) is 0 Å². The van der Waals surface area contributed by atoms with E-state index in [4.69, 9.17) is 9.47 Å². The van der Waals surface area contributed by atoms with Crippen molar-refractivity contribution in [2.75, 3.05) is 19.1 Å². The van der Waals surface area contributed by atoms with Crippen LogP contribution in [0.4, 0.5) is 5.69 Å². The molecule has 26 heavy (non-hydrogen) atoms. The molecule has 0 heterocycles. The van der Waals surface area contributed by atoms with E-state index in [1.54, 1.807) is 19.1 Å². The zero-order valence-electron chi connectivity index (χ0n) is 14.9. The van der Waals surface area contributed by atoms with Crippen molar-refractivity contribution >= 4 is 11.6 Å². The normalized spacial score (nSPS) is 10.4. The number of ether oxygens (including phenoxy) is 2. The number of anilines is 1. The number of nitrogens with zero attached hydrogens (tertiary/aromatic N) is 1. The second-order valence-electron chi connectivity index (χ2n) is 5.90. The molecule has 3 aromatic rings. The first-order chi connectivity index (χ1) is 12.7. The van der Waals surface area contributed by atoms with Crippen LogP contribution in [0.1, 0.15) is 15.9 Å². The maximum absolute atomic E-state index is 12.7. The minimum Gasteiger partial charge on any atom is -0.457 e. The fraction of sp³-hybridized carbons (Fsp3) is 0.136. The average molecular weight is 347 g/mol. The summed E-state index contributed by atoms with van der Waals surface area (Å²) in [7, 11) is 3.41. The van der Waals surface area contributed by atoms with Crippen LogP contribution in [0.15, 0.2) is 78.9 Å². The number of carbonyl (C=O) groups excluding carboxylic acids is 1. The molecule has 1 amide bonds. The van der Waals surface area contributed by atoms with Crippen LogP contribution < -0.4 is 9.64 Å². The predicted molar refractivity (Wildman–Crippen MR) is 103 cm³/mol. The highest BCUT2D eigenvalue weighted by atomic mass is 16.5. The van der Waals surface area contributed by atoms with Gasteiger partial charge in [-0.2, -0.15) is 0 Å². The molecule has 0 fully saturated rings. The lowest BCUT2D eigenvalue weighted by molar-refractivity contribution is 0.0993. The van der Waals surface area contributed by atoms with Crippen molar-refractivity contribution in [1.82, 2.24) is 0 Å². The summed E-state index contributed by atoms with van der Waals surface area (Å²) in [5, 5.41) is 0. The molecule has 0 atom stereocenters. The molecule has 3 rings (SSSR count). The van der Waals surface area contributed by atoms with Gasteiger partial charge >= 0.3 is 0 Å². The first-order valence-corrected chi connectivity index (χ1v) is 8.36. The van der Waals surface area contributed by atoms with Gasteiger partial charge in [-0.3, -0.25) is 4.79 Å². The van der Waals surface area contributed by atoms with E-state index in [9.17, 15) is 4.79 Å². The van der Waals surface area contributed by atoms with Gasteiger partial charge in [-0.1, -0.05) is 30.3 Å². The zero-order chi connectivity index (χ0) is 18.4. The monoisotopic (exact) mass is 347 g/mol. The third kappa shape index (κ3) is 4.29. The van der Waals surface area contributed by atoms with Gasteiger partial charge in [0.1, 0.15) is 11.5 Å². The Kier molecular flexibility index (Phi) is 5.66. The fourth-order valence-corrected chi connectivity index (χ4v) is 2.58. The van der Waals surface area contributed by atoms with E-state index in [-0.39, 0.29) is 5.91 Å². The lowest BCUT2D eigenvalue weighted by atomic mass is 10.1. The smallest absolute Gasteiger partial charge is 0.258 e. The van der Waals surface area contributed by atoms with Crippen LogP contribution in [0.3, 0.4) is 0 Å². The van der Waals surface area contributed by atoms with Gasteiger partial charge in [-0.05, 0) is 54.1 Å². The number of benzene rings is 3. The number of hydrogen-bond acceptors (Lipinski definition) is 3. The minimum absolute atomic E-state index is 0.0642. The molecule has 0 radical (unpaired) electrons. The highest BCUT2D eigenvalue weighted by Gasteiger charge is 2.13. The van der Waals surface area contributed by atoms with E-state index in [2.05, 4.69) is 0 Å². The third-order valence-electron chi connectivity index (χ3n) is 4.02. The largest absolute Gasteiger partial charge is 0.457 e. The minimum atomic E-state index is -0.0642. The number of methoxy groups -OCH3 is 1. The van der Waals surface area contributed by atoms with Crippen molar-refractivity contribution in [3.05, 3.63) is 90.0 Å². The van der Waals surface area contributed by atoms with E-state index in [1.807, 2.05) is 78.9 Å². The Labute approximate surface area is 153 Å². The molecule has 0 aliphatic heterocycles. The van der Waals surface area contributed by atoms with E-state index in [0.29, 0.717) is 12.2 Å². The maximum atomic E-state index is 12.7. The van der Waals surface area contributed by atoms with Gasteiger partial charge in [-0.25, -0.2) is 0 Å². The molecule has 0 saturated carbocycles. The molecule has 4 heteroatoms. The highest BCUT2D eigenvalue weighted by molar-refractivity contribution is 6.05. The first kappa shape index (κ1) is 17.7. The van der Waals surface area contributed by atoms with Crippen LogP contribution in [-0.2, 0) is 11.3 Å². The topological polar surface area (TPSA) is 38.8 Å². The Morgan fingerprint density at radius 2 is 1.46 bits per heavy atom. The van der Waals surface area contributed by atoms with Gasteiger partial charge in [-0.15, -0.1) is 0 Å². The average Bonchev–Trinajstić information content (AvgIpc) is 2.69. The summed E-state index contributed by atoms with van der Waals surface area (Å²) in [5.41, 5.74) is 2.47. The number of rotatable bonds is 6. The lowest BCUT2D eigenvalue weighted by Crippen LogP contribution is -2.26. The molecule has 0 saturated heterocycles. The zero-order valence-corrected chi connectivity index (χ0v) is 14.9. The number of amides is 1. The van der Waals surface area contributed by atoms with Crippen LogP contribution in [0.5, 0.6) is 11.5 Å². The summed E-state index contributed by atoms with van der Waals surface area (Å²) < 4.78 is 10.9. The number of para-hydroxylation sites is 1. The van der Waals surface area contributed by atoms with Gasteiger partial charge in [0.05, 0.1) is 6.61 Å². The molecule has 0 N–H and O–H groups in total. The highest BCUT2D eigenvalue weighted by Crippen LogP contribution is 2.24. The molecule has 0 unspecified atom stereocenters. The molecule has 0 bridgehead atoms. The molecule has 0 spiro atoms. The first-order valence-electron chi connectivity index (χ1n) is 8.36. The Bertz CT molecular complexity index is 843. The van der Waals surface area contributed by atoms with Crippen molar-refractivity contribution < 1.29 is 14.3 Å². The molecular formula is C22H21NO3. The summed E-state index contributed by atoms with van der Waals surface area (Å²) in [4.78, 5) is 14.3. The summed E-state index contributed by atoms with van der Waals surface area (Å²) in [6, 6.07) is 24.5. The van der Waals surface area contributed by atoms with Crippen molar-refractivity contribution in [2.24, 2.45) is 0 Å². The Morgan fingerprint density at radius 3 is 2.08 bits per heavy atom. The second-order valence-corrected chi connectivity index (χ2v) is 5.90. The molecule has 0 aliphatic rings. The quantitative estimate of drug-likeness (QED) is 0.636. The van der Waals surface area contributed by atoms with E-state index < -0.39 is 0 Å². The van der Waals surface area contributed by atoms with Gasteiger partial charge in [0.15, 0.2) is 0 Å². The molecule has 132 valence electrons. The maximum Gasteiger partial charge on any atom is 0.258 e. The Balaban J connectivity index is 1.68. The van der Waals surface area contributed by atoms with Gasteiger partial charge < -0.3 is 14.4 Å². The van der Waals surface area contributed by atoms with Gasteiger partial charge in [0.2, 0.25) is 0 Å². The van der Waals surface area contributed by atoms with Crippen LogP contribution in [0, 0.1) is 0 Å². The molecule has 4 nitrogen and oxygen atoms in total. The molecule has 0 aliphatic carbocycles. The van der Waals surface area contributed by atoms with Gasteiger partial charge in [0, 0.05) is 25.4 Å². The summed E-state index contributed by atoms with van der Waals surface area (Å²) in [6.07, 6.45) is 0. The fourth-order valence-electron chi connectivity index (χ4n) is 2.58. The van der Waals surface area contributed by atoms with Crippen molar-refractivity contribution in [2.45, 2.75) is 6.61 Å². The molecular weight excluding hydrogens is 326 g/mol.